The first kappa shape index (κ1) is 22.8. The van der Waals surface area contributed by atoms with E-state index in [1.807, 2.05) is 0 Å². The number of aliphatic imine (C=N–C) groups is 1. The Labute approximate surface area is 177 Å². The number of rotatable bonds is 9. The van der Waals surface area contributed by atoms with E-state index in [1.165, 1.54) is 51.5 Å². The minimum atomic E-state index is 0.237. The number of hydrogen-bond donors (Lipinski definition) is 2. The molecule has 0 unspecified atom stereocenters. The van der Waals surface area contributed by atoms with Crippen LogP contribution in [0.5, 0.6) is 0 Å². The lowest BCUT2D eigenvalue weighted by molar-refractivity contribution is -0.0333. The highest BCUT2D eigenvalue weighted by molar-refractivity contribution is 5.79. The van der Waals surface area contributed by atoms with Gasteiger partial charge < -0.3 is 20.1 Å². The third-order valence-electron chi connectivity index (χ3n) is 6.64. The van der Waals surface area contributed by atoms with Crippen LogP contribution in [0.4, 0.5) is 0 Å². The molecule has 0 bridgehead atoms. The monoisotopic (exact) mass is 409 g/mol. The van der Waals surface area contributed by atoms with Gasteiger partial charge in [0, 0.05) is 44.8 Å². The van der Waals surface area contributed by atoms with Crippen molar-refractivity contribution < 1.29 is 9.47 Å². The molecule has 0 aromatic carbocycles. The molecule has 2 heterocycles. The quantitative estimate of drug-likeness (QED) is 0.343. The average Bonchev–Trinajstić information content (AvgIpc) is 2.79. The van der Waals surface area contributed by atoms with E-state index in [9.17, 15) is 0 Å². The van der Waals surface area contributed by atoms with Crippen molar-refractivity contribution in [3.05, 3.63) is 0 Å². The summed E-state index contributed by atoms with van der Waals surface area (Å²) in [5.41, 5.74) is 0.237. The van der Waals surface area contributed by atoms with Crippen LogP contribution in [0.15, 0.2) is 4.99 Å². The Bertz CT molecular complexity index is 470. The van der Waals surface area contributed by atoms with Crippen molar-refractivity contribution in [3.8, 4) is 0 Å². The zero-order valence-corrected chi connectivity index (χ0v) is 18.6. The minimum Gasteiger partial charge on any atom is -0.379 e. The van der Waals surface area contributed by atoms with Gasteiger partial charge in [0.25, 0.3) is 0 Å². The normalized spacial score (nSPS) is 24.4. The summed E-state index contributed by atoms with van der Waals surface area (Å²) in [5, 5.41) is 7.02. The highest BCUT2D eigenvalue weighted by Gasteiger charge is 2.38. The summed E-state index contributed by atoms with van der Waals surface area (Å²) in [6.45, 7) is 13.9. The lowest BCUT2D eigenvalue weighted by atomic mass is 9.80. The van der Waals surface area contributed by atoms with E-state index < -0.39 is 0 Å². The van der Waals surface area contributed by atoms with Gasteiger partial charge >= 0.3 is 0 Å². The van der Waals surface area contributed by atoms with Gasteiger partial charge in [-0.05, 0) is 39.2 Å². The molecule has 1 aliphatic carbocycles. The zero-order chi connectivity index (χ0) is 20.2. The van der Waals surface area contributed by atoms with Gasteiger partial charge in [0.15, 0.2) is 5.96 Å². The van der Waals surface area contributed by atoms with Crippen LogP contribution < -0.4 is 10.6 Å². The first-order valence-corrected chi connectivity index (χ1v) is 12.0. The van der Waals surface area contributed by atoms with Crippen LogP contribution in [0.25, 0.3) is 0 Å². The number of ether oxygens (including phenoxy) is 2. The van der Waals surface area contributed by atoms with Crippen molar-refractivity contribution in [2.45, 2.75) is 57.4 Å². The third kappa shape index (κ3) is 7.39. The predicted molar refractivity (Wildman–Crippen MR) is 119 cm³/mol. The van der Waals surface area contributed by atoms with Gasteiger partial charge in [0.05, 0.1) is 33.0 Å². The van der Waals surface area contributed by atoms with E-state index in [0.29, 0.717) is 0 Å². The number of guanidine groups is 1. The molecule has 29 heavy (non-hydrogen) atoms. The summed E-state index contributed by atoms with van der Waals surface area (Å²) < 4.78 is 11.0. The van der Waals surface area contributed by atoms with Crippen molar-refractivity contribution in [2.75, 3.05) is 78.8 Å². The standard InChI is InChI=1S/C22H43N5O2/c1-2-23-21(24-10-6-7-11-26-12-16-28-17-13-26)25-20-22(8-4-3-5-9-22)27-14-18-29-19-15-27/h2-20H2,1H3,(H2,23,24,25). The van der Waals surface area contributed by atoms with Gasteiger partial charge in [-0.1, -0.05) is 19.3 Å². The highest BCUT2D eigenvalue weighted by Crippen LogP contribution is 2.34. The first-order chi connectivity index (χ1) is 14.3. The van der Waals surface area contributed by atoms with Crippen molar-refractivity contribution in [3.63, 3.8) is 0 Å². The molecule has 0 radical (unpaired) electrons. The van der Waals surface area contributed by atoms with Crippen molar-refractivity contribution in [1.29, 1.82) is 0 Å². The molecular weight excluding hydrogens is 366 g/mol. The Hall–Kier alpha value is -0.890. The van der Waals surface area contributed by atoms with Crippen molar-refractivity contribution >= 4 is 5.96 Å². The number of hydrogen-bond acceptors (Lipinski definition) is 5. The second-order valence-corrected chi connectivity index (χ2v) is 8.67. The van der Waals surface area contributed by atoms with E-state index in [-0.39, 0.29) is 5.54 Å². The first-order valence-electron chi connectivity index (χ1n) is 12.0. The molecule has 0 spiro atoms. The molecule has 3 fully saturated rings. The Kier molecular flexibility index (Phi) is 10.00. The van der Waals surface area contributed by atoms with E-state index in [0.717, 1.165) is 78.2 Å². The molecule has 7 nitrogen and oxygen atoms in total. The maximum Gasteiger partial charge on any atom is 0.191 e. The SMILES string of the molecule is CCNC(=NCC1(N2CCOCC2)CCCCC1)NCCCCN1CCOCC1. The van der Waals surface area contributed by atoms with Gasteiger partial charge in [0.1, 0.15) is 0 Å². The topological polar surface area (TPSA) is 61.4 Å². The molecule has 3 rings (SSSR count). The molecule has 2 N–H and O–H groups in total. The molecule has 3 aliphatic rings. The van der Waals surface area contributed by atoms with Gasteiger partial charge in [-0.15, -0.1) is 0 Å². The summed E-state index contributed by atoms with van der Waals surface area (Å²) in [4.78, 5) is 10.2. The molecule has 2 saturated heterocycles. The van der Waals surface area contributed by atoms with Crippen LogP contribution in [0.3, 0.4) is 0 Å². The zero-order valence-electron chi connectivity index (χ0n) is 18.6. The molecular formula is C22H43N5O2. The highest BCUT2D eigenvalue weighted by atomic mass is 16.5. The Balaban J connectivity index is 1.45. The largest absolute Gasteiger partial charge is 0.379 e. The Morgan fingerprint density at radius 1 is 0.897 bits per heavy atom. The fraction of sp³-hybridized carbons (Fsp3) is 0.955. The van der Waals surface area contributed by atoms with Crippen molar-refractivity contribution in [1.82, 2.24) is 20.4 Å². The van der Waals surface area contributed by atoms with E-state index >= 15 is 0 Å². The van der Waals surface area contributed by atoms with Crippen LogP contribution in [-0.4, -0.2) is 100 Å². The van der Waals surface area contributed by atoms with Gasteiger partial charge in [-0.3, -0.25) is 14.8 Å². The van der Waals surface area contributed by atoms with Gasteiger partial charge in [-0.2, -0.15) is 0 Å². The fourth-order valence-corrected chi connectivity index (χ4v) is 4.88. The third-order valence-corrected chi connectivity index (χ3v) is 6.64. The van der Waals surface area contributed by atoms with Crippen LogP contribution in [0.1, 0.15) is 51.9 Å². The number of nitrogens with one attached hydrogen (secondary N) is 2. The summed E-state index contributed by atoms with van der Waals surface area (Å²) in [6.07, 6.45) is 8.99. The maximum atomic E-state index is 5.61. The molecule has 1 saturated carbocycles. The summed E-state index contributed by atoms with van der Waals surface area (Å²) in [6, 6.07) is 0. The molecule has 0 atom stereocenters. The summed E-state index contributed by atoms with van der Waals surface area (Å²) >= 11 is 0. The van der Waals surface area contributed by atoms with Crippen LogP contribution in [0.2, 0.25) is 0 Å². The van der Waals surface area contributed by atoms with E-state index in [4.69, 9.17) is 14.5 Å². The molecule has 168 valence electrons. The fourth-order valence-electron chi connectivity index (χ4n) is 4.88. The maximum absolute atomic E-state index is 5.61. The minimum absolute atomic E-state index is 0.237. The molecule has 0 amide bonds. The average molecular weight is 410 g/mol. The smallest absolute Gasteiger partial charge is 0.191 e. The second kappa shape index (κ2) is 12.7. The van der Waals surface area contributed by atoms with Crippen LogP contribution in [0, 0.1) is 0 Å². The van der Waals surface area contributed by atoms with E-state index in [2.05, 4.69) is 27.4 Å². The van der Waals surface area contributed by atoms with Crippen LogP contribution in [-0.2, 0) is 9.47 Å². The molecule has 0 aromatic heterocycles. The lowest BCUT2D eigenvalue weighted by Gasteiger charge is -2.47. The summed E-state index contributed by atoms with van der Waals surface area (Å²) in [7, 11) is 0. The van der Waals surface area contributed by atoms with E-state index in [1.54, 1.807) is 0 Å². The number of unbranched alkanes of at least 4 members (excludes halogenated alkanes) is 1. The van der Waals surface area contributed by atoms with Crippen LogP contribution >= 0.6 is 0 Å². The lowest BCUT2D eigenvalue weighted by Crippen LogP contribution is -2.56. The summed E-state index contributed by atoms with van der Waals surface area (Å²) in [5.74, 6) is 0.983. The number of nitrogens with zero attached hydrogens (tertiary/aromatic N) is 3. The predicted octanol–water partition coefficient (Wildman–Crippen LogP) is 1.69. The Morgan fingerprint density at radius 3 is 2.28 bits per heavy atom. The van der Waals surface area contributed by atoms with Gasteiger partial charge in [0.2, 0.25) is 0 Å². The van der Waals surface area contributed by atoms with Crippen molar-refractivity contribution in [2.24, 2.45) is 4.99 Å². The molecule has 7 heteroatoms. The Morgan fingerprint density at radius 2 is 1.59 bits per heavy atom. The number of morpholine rings is 2. The van der Waals surface area contributed by atoms with Gasteiger partial charge in [-0.25, -0.2) is 0 Å². The molecule has 2 aliphatic heterocycles. The molecule has 0 aromatic rings. The second-order valence-electron chi connectivity index (χ2n) is 8.67.